The number of thiophene rings is 1. The van der Waals surface area contributed by atoms with Crippen molar-refractivity contribution < 1.29 is 8.42 Å². The molecule has 0 aromatic carbocycles. The molecule has 2 aromatic rings. The van der Waals surface area contributed by atoms with Crippen molar-refractivity contribution in [3.63, 3.8) is 0 Å². The van der Waals surface area contributed by atoms with Gasteiger partial charge in [-0.3, -0.25) is 0 Å². The van der Waals surface area contributed by atoms with Gasteiger partial charge in [-0.2, -0.15) is 15.6 Å². The van der Waals surface area contributed by atoms with Gasteiger partial charge in [-0.15, -0.1) is 0 Å². The molecular formula is C12H15N3O2S2. The van der Waals surface area contributed by atoms with Crippen molar-refractivity contribution in [3.05, 3.63) is 40.7 Å². The minimum absolute atomic E-state index is 0.198. The Morgan fingerprint density at radius 1 is 1.37 bits per heavy atom. The lowest BCUT2D eigenvalue weighted by Crippen LogP contribution is -2.26. The highest BCUT2D eigenvalue weighted by atomic mass is 32.2. The van der Waals surface area contributed by atoms with Gasteiger partial charge in [0, 0.05) is 26.8 Å². The minimum atomic E-state index is -3.49. The van der Waals surface area contributed by atoms with Gasteiger partial charge in [0.05, 0.1) is 0 Å². The van der Waals surface area contributed by atoms with Crippen LogP contribution in [0.3, 0.4) is 0 Å². The van der Waals surface area contributed by atoms with Gasteiger partial charge in [0.2, 0.25) is 10.0 Å². The maximum atomic E-state index is 12.3. The molecule has 5 nitrogen and oxygen atoms in total. The van der Waals surface area contributed by atoms with Gasteiger partial charge in [0.15, 0.2) is 0 Å². The summed E-state index contributed by atoms with van der Waals surface area (Å²) in [6, 6.07) is 5.11. The van der Waals surface area contributed by atoms with Crippen LogP contribution in [0.1, 0.15) is 5.56 Å². The highest BCUT2D eigenvalue weighted by Gasteiger charge is 2.21. The summed E-state index contributed by atoms with van der Waals surface area (Å²) in [7, 11) is -0.189. The number of nitrogens with one attached hydrogen (secondary N) is 1. The van der Waals surface area contributed by atoms with E-state index in [4.69, 9.17) is 0 Å². The molecule has 0 saturated carbocycles. The Kier molecular flexibility index (Phi) is 4.18. The molecule has 0 bridgehead atoms. The van der Waals surface area contributed by atoms with Crippen LogP contribution in [0.25, 0.3) is 0 Å². The standard InChI is InChI=1S/C12H15N3O2S2/c1-13-12-4-3-11(7-14-12)19(16,17)15(2)8-10-5-6-18-9-10/h3-7,9H,8H2,1-2H3,(H,13,14). The fourth-order valence-corrected chi connectivity index (χ4v) is 3.35. The number of anilines is 1. The minimum Gasteiger partial charge on any atom is -0.373 e. The molecule has 0 aliphatic carbocycles. The number of rotatable bonds is 5. The Hall–Kier alpha value is -1.44. The zero-order valence-electron chi connectivity index (χ0n) is 10.7. The predicted molar refractivity (Wildman–Crippen MR) is 76.8 cm³/mol. The van der Waals surface area contributed by atoms with E-state index in [0.717, 1.165) is 5.56 Å². The van der Waals surface area contributed by atoms with E-state index in [0.29, 0.717) is 12.4 Å². The van der Waals surface area contributed by atoms with Crippen LogP contribution in [0, 0.1) is 0 Å². The largest absolute Gasteiger partial charge is 0.373 e. The molecule has 0 saturated heterocycles. The number of hydrogen-bond acceptors (Lipinski definition) is 5. The Morgan fingerprint density at radius 2 is 2.16 bits per heavy atom. The van der Waals surface area contributed by atoms with Crippen LogP contribution in [-0.4, -0.2) is 31.8 Å². The lowest BCUT2D eigenvalue weighted by Gasteiger charge is -2.16. The number of sulfonamides is 1. The summed E-state index contributed by atoms with van der Waals surface area (Å²) < 4.78 is 26.0. The summed E-state index contributed by atoms with van der Waals surface area (Å²) in [5.74, 6) is 0.638. The van der Waals surface area contributed by atoms with Crippen molar-refractivity contribution in [2.75, 3.05) is 19.4 Å². The zero-order chi connectivity index (χ0) is 13.9. The molecule has 0 unspecified atom stereocenters. The summed E-state index contributed by atoms with van der Waals surface area (Å²) in [5.41, 5.74) is 0.982. The molecule has 102 valence electrons. The zero-order valence-corrected chi connectivity index (χ0v) is 12.3. The highest BCUT2D eigenvalue weighted by molar-refractivity contribution is 7.89. The number of nitrogens with zero attached hydrogens (tertiary/aromatic N) is 2. The van der Waals surface area contributed by atoms with Crippen molar-refractivity contribution in [2.24, 2.45) is 0 Å². The summed E-state index contributed by atoms with van der Waals surface area (Å²) in [4.78, 5) is 4.23. The molecule has 7 heteroatoms. The molecule has 0 atom stereocenters. The summed E-state index contributed by atoms with van der Waals surface area (Å²) in [5, 5.41) is 6.72. The number of pyridine rings is 1. The second-order valence-corrected chi connectivity index (χ2v) is 6.85. The van der Waals surface area contributed by atoms with E-state index in [9.17, 15) is 8.42 Å². The van der Waals surface area contributed by atoms with E-state index in [-0.39, 0.29) is 4.90 Å². The Bertz CT molecular complexity index is 622. The molecular weight excluding hydrogens is 282 g/mol. The van der Waals surface area contributed by atoms with Crippen molar-refractivity contribution in [2.45, 2.75) is 11.4 Å². The van der Waals surface area contributed by atoms with Gasteiger partial charge >= 0.3 is 0 Å². The first-order chi connectivity index (χ1) is 9.04. The summed E-state index contributed by atoms with van der Waals surface area (Å²) in [6.07, 6.45) is 1.37. The van der Waals surface area contributed by atoms with Gasteiger partial charge in [0.1, 0.15) is 10.7 Å². The molecule has 0 spiro atoms. The lowest BCUT2D eigenvalue weighted by atomic mass is 10.3. The number of aromatic nitrogens is 1. The third-order valence-corrected chi connectivity index (χ3v) is 5.20. The van der Waals surface area contributed by atoms with Gasteiger partial charge in [-0.25, -0.2) is 13.4 Å². The van der Waals surface area contributed by atoms with Crippen LogP contribution in [0.15, 0.2) is 40.1 Å². The molecule has 0 amide bonds. The molecule has 19 heavy (non-hydrogen) atoms. The first-order valence-electron chi connectivity index (χ1n) is 5.65. The molecule has 0 fully saturated rings. The van der Waals surface area contributed by atoms with Crippen LogP contribution in [0.2, 0.25) is 0 Å². The number of hydrogen-bond donors (Lipinski definition) is 1. The maximum absolute atomic E-state index is 12.3. The maximum Gasteiger partial charge on any atom is 0.244 e. The Morgan fingerprint density at radius 3 is 2.68 bits per heavy atom. The molecule has 2 heterocycles. The monoisotopic (exact) mass is 297 g/mol. The average Bonchev–Trinajstić information content (AvgIpc) is 2.91. The molecule has 0 aliphatic rings. The van der Waals surface area contributed by atoms with E-state index in [2.05, 4.69) is 10.3 Å². The van der Waals surface area contributed by atoms with Gasteiger partial charge in [-0.05, 0) is 34.5 Å². The second kappa shape index (κ2) is 5.68. The third-order valence-electron chi connectivity index (χ3n) is 2.69. The van der Waals surface area contributed by atoms with Gasteiger partial charge in [0.25, 0.3) is 0 Å². The van der Waals surface area contributed by atoms with Crippen LogP contribution in [0.5, 0.6) is 0 Å². The van der Waals surface area contributed by atoms with E-state index in [1.807, 2.05) is 16.8 Å². The van der Waals surface area contributed by atoms with Crippen molar-refractivity contribution >= 4 is 27.2 Å². The van der Waals surface area contributed by atoms with Crippen LogP contribution in [-0.2, 0) is 16.6 Å². The van der Waals surface area contributed by atoms with Crippen LogP contribution < -0.4 is 5.32 Å². The smallest absolute Gasteiger partial charge is 0.244 e. The van der Waals surface area contributed by atoms with Gasteiger partial charge < -0.3 is 5.32 Å². The fourth-order valence-electron chi connectivity index (χ4n) is 1.59. The molecule has 1 N–H and O–H groups in total. The van der Waals surface area contributed by atoms with E-state index in [1.165, 1.54) is 10.5 Å². The lowest BCUT2D eigenvalue weighted by molar-refractivity contribution is 0.467. The Balaban J connectivity index is 2.20. The molecule has 0 aliphatic heterocycles. The third kappa shape index (κ3) is 3.12. The van der Waals surface area contributed by atoms with Crippen molar-refractivity contribution in [3.8, 4) is 0 Å². The molecule has 0 radical (unpaired) electrons. The summed E-state index contributed by atoms with van der Waals surface area (Å²) >= 11 is 1.55. The first kappa shape index (κ1) is 14.0. The predicted octanol–water partition coefficient (Wildman–Crippen LogP) is 2.01. The summed E-state index contributed by atoms with van der Waals surface area (Å²) in [6.45, 7) is 0.361. The van der Waals surface area contributed by atoms with Crippen molar-refractivity contribution in [1.29, 1.82) is 0 Å². The van der Waals surface area contributed by atoms with E-state index >= 15 is 0 Å². The average molecular weight is 297 g/mol. The first-order valence-corrected chi connectivity index (χ1v) is 8.03. The van der Waals surface area contributed by atoms with Crippen LogP contribution >= 0.6 is 11.3 Å². The SMILES string of the molecule is CNc1ccc(S(=O)(=O)N(C)Cc2ccsc2)cn1. The van der Waals surface area contributed by atoms with E-state index < -0.39 is 10.0 Å². The topological polar surface area (TPSA) is 62.3 Å². The highest BCUT2D eigenvalue weighted by Crippen LogP contribution is 2.18. The van der Waals surface area contributed by atoms with E-state index in [1.54, 1.807) is 37.6 Å². The molecule has 2 rings (SSSR count). The Labute approximate surface area is 117 Å². The quantitative estimate of drug-likeness (QED) is 0.917. The van der Waals surface area contributed by atoms with Crippen LogP contribution in [0.4, 0.5) is 5.82 Å². The fraction of sp³-hybridized carbons (Fsp3) is 0.250. The van der Waals surface area contributed by atoms with Crippen molar-refractivity contribution in [1.82, 2.24) is 9.29 Å². The molecule has 2 aromatic heterocycles. The second-order valence-electron chi connectivity index (χ2n) is 4.02. The van der Waals surface area contributed by atoms with Gasteiger partial charge in [-0.1, -0.05) is 0 Å². The normalized spacial score (nSPS) is 11.7.